The molecule has 15 heavy (non-hydrogen) atoms. The molecule has 0 saturated heterocycles. The van der Waals surface area contributed by atoms with Crippen LogP contribution in [0.5, 0.6) is 0 Å². The van der Waals surface area contributed by atoms with Crippen LogP contribution in [0.1, 0.15) is 13.8 Å². The topological polar surface area (TPSA) is 49.5 Å². The van der Waals surface area contributed by atoms with Gasteiger partial charge < -0.3 is 15.7 Å². The van der Waals surface area contributed by atoms with E-state index in [1.165, 1.54) is 11.9 Å². The number of hydrogen-bond acceptors (Lipinski definition) is 3. The number of alkyl halides is 3. The predicted molar refractivity (Wildman–Crippen MR) is 52.4 cm³/mol. The monoisotopic (exact) mass is 228 g/mol. The van der Waals surface area contributed by atoms with E-state index in [-0.39, 0.29) is 13.1 Å². The highest BCUT2D eigenvalue weighted by Gasteiger charge is 2.39. The highest BCUT2D eigenvalue weighted by molar-refractivity contribution is 4.76. The third kappa shape index (κ3) is 6.70. The molecule has 3 nitrogen and oxygen atoms in total. The zero-order valence-electron chi connectivity index (χ0n) is 9.30. The number of likely N-dealkylation sites (N-methyl/N-ethyl adjacent to an activating group) is 1. The summed E-state index contributed by atoms with van der Waals surface area (Å²) in [6.45, 7) is 2.66. The van der Waals surface area contributed by atoms with Crippen molar-refractivity contribution in [2.75, 3.05) is 26.7 Å². The Kier molecular flexibility index (Phi) is 5.02. The van der Waals surface area contributed by atoms with Crippen LogP contribution in [-0.4, -0.2) is 48.5 Å². The second-order valence-corrected chi connectivity index (χ2v) is 4.48. The molecule has 1 atom stereocenters. The first-order chi connectivity index (χ1) is 6.56. The molecule has 0 aromatic rings. The molecule has 92 valence electrons. The van der Waals surface area contributed by atoms with Crippen molar-refractivity contribution in [3.63, 3.8) is 0 Å². The second-order valence-electron chi connectivity index (χ2n) is 4.48. The van der Waals surface area contributed by atoms with E-state index in [2.05, 4.69) is 0 Å². The van der Waals surface area contributed by atoms with Gasteiger partial charge in [0, 0.05) is 19.6 Å². The summed E-state index contributed by atoms with van der Waals surface area (Å²) >= 11 is 0. The zero-order valence-corrected chi connectivity index (χ0v) is 9.30. The molecular weight excluding hydrogens is 209 g/mol. The molecule has 0 aromatic heterocycles. The summed E-state index contributed by atoms with van der Waals surface area (Å²) in [6.07, 6.45) is -4.28. The van der Waals surface area contributed by atoms with Gasteiger partial charge in [-0.25, -0.2) is 0 Å². The van der Waals surface area contributed by atoms with Gasteiger partial charge in [-0.2, -0.15) is 13.2 Å². The molecule has 3 N–H and O–H groups in total. The summed E-state index contributed by atoms with van der Waals surface area (Å²) in [5.74, 6) is -1.54. The molecule has 0 saturated carbocycles. The van der Waals surface area contributed by atoms with E-state index in [9.17, 15) is 18.3 Å². The van der Waals surface area contributed by atoms with E-state index < -0.39 is 24.2 Å². The van der Waals surface area contributed by atoms with Gasteiger partial charge in [0.25, 0.3) is 0 Å². The molecular formula is C9H19F3N2O. The van der Waals surface area contributed by atoms with Crippen molar-refractivity contribution >= 4 is 0 Å². The quantitative estimate of drug-likeness (QED) is 0.732. The smallest absolute Gasteiger partial charge is 0.389 e. The van der Waals surface area contributed by atoms with E-state index in [0.29, 0.717) is 0 Å². The van der Waals surface area contributed by atoms with Gasteiger partial charge in [-0.1, -0.05) is 0 Å². The van der Waals surface area contributed by atoms with Gasteiger partial charge >= 0.3 is 6.18 Å². The third-order valence-electron chi connectivity index (χ3n) is 1.94. The Morgan fingerprint density at radius 1 is 1.33 bits per heavy atom. The van der Waals surface area contributed by atoms with Gasteiger partial charge in [-0.05, 0) is 20.9 Å². The number of nitrogens with two attached hydrogens (primary N) is 1. The first-order valence-electron chi connectivity index (χ1n) is 4.74. The second kappa shape index (κ2) is 5.14. The molecule has 0 heterocycles. The Balaban J connectivity index is 4.20. The molecule has 6 heteroatoms. The molecule has 0 fully saturated rings. The van der Waals surface area contributed by atoms with Crippen molar-refractivity contribution in [2.24, 2.45) is 11.7 Å². The third-order valence-corrected chi connectivity index (χ3v) is 1.94. The van der Waals surface area contributed by atoms with Crippen LogP contribution in [0.25, 0.3) is 0 Å². The Morgan fingerprint density at radius 3 is 2.07 bits per heavy atom. The number of hydrogen-bond donors (Lipinski definition) is 2. The van der Waals surface area contributed by atoms with Gasteiger partial charge in [0.15, 0.2) is 0 Å². The average molecular weight is 228 g/mol. The van der Waals surface area contributed by atoms with Crippen LogP contribution in [0.4, 0.5) is 13.2 Å². The van der Waals surface area contributed by atoms with Crippen LogP contribution in [0.15, 0.2) is 0 Å². The van der Waals surface area contributed by atoms with E-state index in [0.717, 1.165) is 0 Å². The molecule has 0 aromatic carbocycles. The SMILES string of the molecule is CN(CC(CN)C(F)(F)F)CC(C)(C)O. The summed E-state index contributed by atoms with van der Waals surface area (Å²) in [6, 6.07) is 0. The van der Waals surface area contributed by atoms with Gasteiger partial charge in [0.05, 0.1) is 11.5 Å². The Morgan fingerprint density at radius 2 is 1.80 bits per heavy atom. The lowest BCUT2D eigenvalue weighted by Gasteiger charge is -2.29. The molecule has 0 amide bonds. The number of rotatable bonds is 5. The van der Waals surface area contributed by atoms with Gasteiger partial charge in [0.1, 0.15) is 0 Å². The fraction of sp³-hybridized carbons (Fsp3) is 1.00. The van der Waals surface area contributed by atoms with Gasteiger partial charge in [-0.3, -0.25) is 0 Å². The first kappa shape index (κ1) is 14.7. The predicted octanol–water partition coefficient (Wildman–Crippen LogP) is 0.826. The summed E-state index contributed by atoms with van der Waals surface area (Å²) < 4.78 is 37.0. The lowest BCUT2D eigenvalue weighted by Crippen LogP contribution is -2.44. The standard InChI is InChI=1S/C9H19F3N2O/c1-8(2,15)6-14(3)5-7(4-13)9(10,11)12/h7,15H,4-6,13H2,1-3H3. The number of aliphatic hydroxyl groups is 1. The van der Waals surface area contributed by atoms with E-state index in [4.69, 9.17) is 5.73 Å². The van der Waals surface area contributed by atoms with E-state index >= 15 is 0 Å². The summed E-state index contributed by atoms with van der Waals surface area (Å²) in [5.41, 5.74) is 4.06. The highest BCUT2D eigenvalue weighted by atomic mass is 19.4. The number of halogens is 3. The van der Waals surface area contributed by atoms with E-state index in [1.54, 1.807) is 13.8 Å². The average Bonchev–Trinajstić information content (AvgIpc) is 1.94. The Labute approximate surface area is 88.0 Å². The normalized spacial score (nSPS) is 15.8. The molecule has 0 rings (SSSR count). The molecule has 0 radical (unpaired) electrons. The highest BCUT2D eigenvalue weighted by Crippen LogP contribution is 2.26. The minimum Gasteiger partial charge on any atom is -0.389 e. The molecule has 0 spiro atoms. The Hall–Kier alpha value is -0.330. The van der Waals surface area contributed by atoms with Crippen molar-refractivity contribution in [3.05, 3.63) is 0 Å². The minimum atomic E-state index is -4.28. The fourth-order valence-corrected chi connectivity index (χ4v) is 1.41. The van der Waals surface area contributed by atoms with Gasteiger partial charge in [-0.15, -0.1) is 0 Å². The van der Waals surface area contributed by atoms with Crippen molar-refractivity contribution < 1.29 is 18.3 Å². The lowest BCUT2D eigenvalue weighted by atomic mass is 10.1. The van der Waals surface area contributed by atoms with Crippen LogP contribution in [0, 0.1) is 5.92 Å². The maximum atomic E-state index is 12.3. The maximum absolute atomic E-state index is 12.3. The van der Waals surface area contributed by atoms with Crippen LogP contribution in [-0.2, 0) is 0 Å². The van der Waals surface area contributed by atoms with Crippen molar-refractivity contribution in [2.45, 2.75) is 25.6 Å². The van der Waals surface area contributed by atoms with Crippen LogP contribution >= 0.6 is 0 Å². The van der Waals surface area contributed by atoms with Crippen LogP contribution in [0.2, 0.25) is 0 Å². The molecule has 0 aliphatic heterocycles. The summed E-state index contributed by atoms with van der Waals surface area (Å²) in [4.78, 5) is 1.44. The van der Waals surface area contributed by atoms with Crippen molar-refractivity contribution in [3.8, 4) is 0 Å². The van der Waals surface area contributed by atoms with Crippen LogP contribution in [0.3, 0.4) is 0 Å². The van der Waals surface area contributed by atoms with Crippen molar-refractivity contribution in [1.29, 1.82) is 0 Å². The van der Waals surface area contributed by atoms with E-state index in [1.807, 2.05) is 0 Å². The minimum absolute atomic E-state index is 0.180. The summed E-state index contributed by atoms with van der Waals surface area (Å²) in [7, 11) is 1.53. The Bertz CT molecular complexity index is 189. The lowest BCUT2D eigenvalue weighted by molar-refractivity contribution is -0.176. The fourth-order valence-electron chi connectivity index (χ4n) is 1.41. The van der Waals surface area contributed by atoms with Gasteiger partial charge in [0.2, 0.25) is 0 Å². The zero-order chi connectivity index (χ0) is 12.3. The maximum Gasteiger partial charge on any atom is 0.394 e. The molecule has 0 bridgehead atoms. The first-order valence-corrected chi connectivity index (χ1v) is 4.74. The molecule has 0 aliphatic rings. The number of nitrogens with zero attached hydrogens (tertiary/aromatic N) is 1. The largest absolute Gasteiger partial charge is 0.394 e. The molecule has 0 aliphatic carbocycles. The van der Waals surface area contributed by atoms with Crippen LogP contribution < -0.4 is 5.73 Å². The summed E-state index contributed by atoms with van der Waals surface area (Å²) in [5, 5.41) is 9.42. The molecule has 1 unspecified atom stereocenters. The van der Waals surface area contributed by atoms with Crippen molar-refractivity contribution in [1.82, 2.24) is 4.90 Å².